The summed E-state index contributed by atoms with van der Waals surface area (Å²) in [5, 5.41) is 6.85. The van der Waals surface area contributed by atoms with Crippen molar-refractivity contribution in [3.8, 4) is 28.8 Å². The van der Waals surface area contributed by atoms with Crippen LogP contribution in [0.1, 0.15) is 27.0 Å². The van der Waals surface area contributed by atoms with Crippen molar-refractivity contribution in [2.75, 3.05) is 12.4 Å². The van der Waals surface area contributed by atoms with Crippen molar-refractivity contribution in [2.24, 2.45) is 0 Å². The molecule has 0 radical (unpaired) electrons. The number of hydrogen-bond donors (Lipinski definition) is 1. The predicted octanol–water partition coefficient (Wildman–Crippen LogP) is 7.95. The molecule has 0 saturated carbocycles. The first kappa shape index (κ1) is 31.0. The molecular weight excluding hydrogens is 609 g/mol. The minimum Gasteiger partial charge on any atom is -0.496 e. The van der Waals surface area contributed by atoms with Gasteiger partial charge in [-0.05, 0) is 72.3 Å². The molecule has 0 atom stereocenters. The van der Waals surface area contributed by atoms with Gasteiger partial charge in [-0.15, -0.1) is 5.10 Å². The largest absolute Gasteiger partial charge is 0.496 e. The highest BCUT2D eigenvalue weighted by atomic mass is 19.4. The molecule has 0 bridgehead atoms. The number of amides is 1. The second-order valence-corrected chi connectivity index (χ2v) is 9.53. The van der Waals surface area contributed by atoms with Gasteiger partial charge in [0.15, 0.2) is 5.82 Å². The molecule has 0 aliphatic carbocycles. The highest BCUT2D eigenvalue weighted by Gasteiger charge is 2.35. The molecule has 1 N–H and O–H groups in total. The Bertz CT molecular complexity index is 1800. The number of aromatic nitrogens is 3. The normalized spacial score (nSPS) is 11.7. The average Bonchev–Trinajstić information content (AvgIpc) is 3.44. The van der Waals surface area contributed by atoms with Crippen LogP contribution in [0.3, 0.4) is 0 Å². The number of hydrogen-bond acceptors (Lipinski definition) is 5. The molecule has 0 fully saturated rings. The van der Waals surface area contributed by atoms with Gasteiger partial charge in [0.1, 0.15) is 18.2 Å². The van der Waals surface area contributed by atoms with Crippen LogP contribution in [0.5, 0.6) is 11.8 Å². The highest BCUT2D eigenvalue weighted by Crippen LogP contribution is 2.37. The van der Waals surface area contributed by atoms with Crippen molar-refractivity contribution < 1.29 is 45.0 Å². The zero-order chi connectivity index (χ0) is 32.4. The number of nitrogens with zero attached hydrogens (tertiary/aromatic N) is 3. The van der Waals surface area contributed by atoms with Crippen molar-refractivity contribution >= 4 is 11.6 Å². The number of rotatable bonds is 8. The van der Waals surface area contributed by atoms with E-state index in [9.17, 15) is 35.5 Å². The van der Waals surface area contributed by atoms with Crippen LogP contribution >= 0.6 is 0 Å². The summed E-state index contributed by atoms with van der Waals surface area (Å²) < 4.78 is 105. The predicted molar refractivity (Wildman–Crippen MR) is 148 cm³/mol. The monoisotopic (exact) mass is 630 g/mol. The molecule has 232 valence electrons. The molecule has 0 spiro atoms. The van der Waals surface area contributed by atoms with Crippen LogP contribution in [-0.4, -0.2) is 27.8 Å². The quantitative estimate of drug-likeness (QED) is 0.176. The third-order valence-corrected chi connectivity index (χ3v) is 6.48. The van der Waals surface area contributed by atoms with E-state index in [0.717, 1.165) is 25.3 Å². The molecule has 7 nitrogen and oxygen atoms in total. The lowest BCUT2D eigenvalue weighted by Crippen LogP contribution is -2.15. The number of carbonyl (C=O) groups excluding carboxylic acids is 1. The number of methoxy groups -OCH3 is 1. The van der Waals surface area contributed by atoms with Crippen LogP contribution in [0, 0.1) is 5.82 Å². The third-order valence-electron chi connectivity index (χ3n) is 6.48. The van der Waals surface area contributed by atoms with Crippen molar-refractivity contribution in [2.45, 2.75) is 19.0 Å². The van der Waals surface area contributed by atoms with E-state index in [0.29, 0.717) is 17.3 Å². The van der Waals surface area contributed by atoms with Crippen LogP contribution in [0.2, 0.25) is 0 Å². The molecule has 4 aromatic carbocycles. The van der Waals surface area contributed by atoms with Crippen LogP contribution in [0.4, 0.5) is 36.4 Å². The van der Waals surface area contributed by atoms with Gasteiger partial charge >= 0.3 is 18.4 Å². The summed E-state index contributed by atoms with van der Waals surface area (Å²) in [6.07, 6.45) is -9.29. The van der Waals surface area contributed by atoms with Crippen molar-refractivity contribution in [1.29, 1.82) is 0 Å². The minimum atomic E-state index is -4.74. The van der Waals surface area contributed by atoms with Gasteiger partial charge in [-0.3, -0.25) is 4.79 Å². The summed E-state index contributed by atoms with van der Waals surface area (Å²) in [6, 6.07) is 18.5. The summed E-state index contributed by atoms with van der Waals surface area (Å²) >= 11 is 0. The lowest BCUT2D eigenvalue weighted by atomic mass is 10.1. The molecule has 0 aliphatic heterocycles. The second kappa shape index (κ2) is 12.3. The fourth-order valence-electron chi connectivity index (χ4n) is 4.22. The van der Waals surface area contributed by atoms with E-state index in [1.54, 1.807) is 0 Å². The van der Waals surface area contributed by atoms with E-state index in [1.165, 1.54) is 71.4 Å². The Morgan fingerprint density at radius 1 is 0.844 bits per heavy atom. The molecule has 5 rings (SSSR count). The highest BCUT2D eigenvalue weighted by molar-refractivity contribution is 6.04. The van der Waals surface area contributed by atoms with Crippen molar-refractivity contribution in [3.05, 3.63) is 119 Å². The first-order valence-corrected chi connectivity index (χ1v) is 13.0. The Hall–Kier alpha value is -5.40. The Balaban J connectivity index is 1.41. The maximum Gasteiger partial charge on any atom is 0.419 e. The van der Waals surface area contributed by atoms with Crippen LogP contribution in [0.25, 0.3) is 17.1 Å². The number of nitrogens with one attached hydrogen (secondary N) is 1. The maximum atomic E-state index is 13.4. The molecular formula is C31H21F7N4O3. The van der Waals surface area contributed by atoms with E-state index < -0.39 is 41.0 Å². The fraction of sp³-hybridized carbons (Fsp3) is 0.129. The number of carbonyl (C=O) groups is 1. The van der Waals surface area contributed by atoms with Gasteiger partial charge in [0, 0.05) is 16.8 Å². The third kappa shape index (κ3) is 7.22. The smallest absolute Gasteiger partial charge is 0.419 e. The number of ether oxygens (including phenoxy) is 2. The standard InChI is InChI=1S/C31H21F7N4O3/c1-44-26-15-6-20(16-25(26)31(36,37)38)28(43)39-23-11-13-24(14-12-23)42-27(19-4-7-21(8-5-19)30(33,34)35)40-29(41-42)45-17-18-2-9-22(32)10-3-18/h2-16H,17H2,1H3,(H,39,43). The Kier molecular flexibility index (Phi) is 8.49. The van der Waals surface area contributed by atoms with Gasteiger partial charge in [0.05, 0.1) is 23.9 Å². The molecule has 1 heterocycles. The van der Waals surface area contributed by atoms with E-state index in [1.807, 2.05) is 0 Å². The van der Waals surface area contributed by atoms with Gasteiger partial charge in [0.2, 0.25) is 0 Å². The maximum absolute atomic E-state index is 13.4. The van der Waals surface area contributed by atoms with Gasteiger partial charge < -0.3 is 14.8 Å². The van der Waals surface area contributed by atoms with E-state index in [2.05, 4.69) is 15.4 Å². The summed E-state index contributed by atoms with van der Waals surface area (Å²) in [5.74, 6) is -1.53. The van der Waals surface area contributed by atoms with E-state index in [-0.39, 0.29) is 35.3 Å². The lowest BCUT2D eigenvalue weighted by Gasteiger charge is -2.13. The molecule has 0 aliphatic rings. The second-order valence-electron chi connectivity index (χ2n) is 9.53. The van der Waals surface area contributed by atoms with Gasteiger partial charge in [-0.1, -0.05) is 24.3 Å². The molecule has 0 unspecified atom stereocenters. The fourth-order valence-corrected chi connectivity index (χ4v) is 4.22. The summed E-state index contributed by atoms with van der Waals surface area (Å²) in [6.45, 7) is -0.0247. The van der Waals surface area contributed by atoms with Gasteiger partial charge in [-0.25, -0.2) is 9.07 Å². The topological polar surface area (TPSA) is 78.3 Å². The first-order chi connectivity index (χ1) is 21.3. The SMILES string of the molecule is COc1ccc(C(=O)Nc2ccc(-n3nc(OCc4ccc(F)cc4)nc3-c3ccc(C(F)(F)F)cc3)cc2)cc1C(F)(F)F. The summed E-state index contributed by atoms with van der Waals surface area (Å²) in [5.41, 5.74) is -0.714. The number of benzene rings is 4. The molecule has 5 aromatic rings. The zero-order valence-corrected chi connectivity index (χ0v) is 23.1. The van der Waals surface area contributed by atoms with Crippen LogP contribution in [0.15, 0.2) is 91.0 Å². The number of halogens is 7. The lowest BCUT2D eigenvalue weighted by molar-refractivity contribution is -0.139. The van der Waals surface area contributed by atoms with Crippen LogP contribution in [-0.2, 0) is 19.0 Å². The average molecular weight is 631 g/mol. The Morgan fingerprint density at radius 3 is 2.11 bits per heavy atom. The van der Waals surface area contributed by atoms with Gasteiger partial charge in [-0.2, -0.15) is 31.3 Å². The number of alkyl halides is 6. The molecule has 14 heteroatoms. The van der Waals surface area contributed by atoms with Gasteiger partial charge in [0.25, 0.3) is 5.91 Å². The molecule has 45 heavy (non-hydrogen) atoms. The zero-order valence-electron chi connectivity index (χ0n) is 23.1. The molecule has 1 aromatic heterocycles. The molecule has 1 amide bonds. The summed E-state index contributed by atoms with van der Waals surface area (Å²) in [7, 11) is 1.09. The number of anilines is 1. The van der Waals surface area contributed by atoms with Crippen molar-refractivity contribution in [3.63, 3.8) is 0 Å². The van der Waals surface area contributed by atoms with E-state index >= 15 is 0 Å². The van der Waals surface area contributed by atoms with E-state index in [4.69, 9.17) is 9.47 Å². The summed E-state index contributed by atoms with van der Waals surface area (Å²) in [4.78, 5) is 17.1. The Labute approximate surface area is 250 Å². The van der Waals surface area contributed by atoms with Crippen LogP contribution < -0.4 is 14.8 Å². The minimum absolute atomic E-state index is 0.0247. The first-order valence-electron chi connectivity index (χ1n) is 13.0. The molecule has 0 saturated heterocycles. The van der Waals surface area contributed by atoms with Crippen molar-refractivity contribution in [1.82, 2.24) is 14.8 Å². The Morgan fingerprint density at radius 2 is 1.51 bits per heavy atom.